The topological polar surface area (TPSA) is 36.4 Å². The molecule has 0 unspecified atom stereocenters. The molecule has 2 heterocycles. The Morgan fingerprint density at radius 2 is 2.15 bits per heavy atom. The maximum absolute atomic E-state index is 12.7. The summed E-state index contributed by atoms with van der Waals surface area (Å²) in [6.45, 7) is 3.28. The van der Waals surface area contributed by atoms with Gasteiger partial charge in [0.2, 0.25) is 0 Å². The molecule has 0 amide bonds. The highest BCUT2D eigenvalue weighted by molar-refractivity contribution is 5.40. The predicted molar refractivity (Wildman–Crippen MR) is 70.5 cm³/mol. The lowest BCUT2D eigenvalue weighted by Gasteiger charge is -2.42. The minimum Gasteiger partial charge on any atom is -0.396 e. The molecule has 1 fully saturated rings. The van der Waals surface area contributed by atoms with E-state index < -0.39 is 11.9 Å². The van der Waals surface area contributed by atoms with Crippen LogP contribution in [-0.2, 0) is 6.18 Å². The summed E-state index contributed by atoms with van der Waals surface area (Å²) in [4.78, 5) is 5.57. The van der Waals surface area contributed by atoms with Crippen molar-refractivity contribution >= 4 is 5.82 Å². The summed E-state index contributed by atoms with van der Waals surface area (Å²) in [5, 5.41) is 9.56. The van der Waals surface area contributed by atoms with Crippen LogP contribution in [0.1, 0.15) is 31.9 Å². The van der Waals surface area contributed by atoms with Crippen molar-refractivity contribution in [3.63, 3.8) is 0 Å². The van der Waals surface area contributed by atoms with Crippen molar-refractivity contribution in [1.82, 2.24) is 4.98 Å². The van der Waals surface area contributed by atoms with E-state index in [4.69, 9.17) is 0 Å². The lowest BCUT2D eigenvalue weighted by Crippen LogP contribution is -2.45. The number of aromatic nitrogens is 1. The number of hydrogen-bond donors (Lipinski definition) is 1. The zero-order valence-electron chi connectivity index (χ0n) is 11.5. The lowest BCUT2D eigenvalue weighted by atomic mass is 9.78. The Morgan fingerprint density at radius 3 is 2.75 bits per heavy atom. The van der Waals surface area contributed by atoms with E-state index in [-0.39, 0.29) is 12.0 Å². The Balaban J connectivity index is 2.23. The van der Waals surface area contributed by atoms with Crippen LogP contribution in [0, 0.1) is 5.41 Å². The van der Waals surface area contributed by atoms with E-state index in [9.17, 15) is 18.3 Å². The summed E-state index contributed by atoms with van der Waals surface area (Å²) in [6.07, 6.45) is -1.87. The predicted octanol–water partition coefficient (Wildman–Crippen LogP) is 3.09. The van der Waals surface area contributed by atoms with Gasteiger partial charge >= 0.3 is 6.18 Å². The maximum atomic E-state index is 12.7. The highest BCUT2D eigenvalue weighted by Crippen LogP contribution is 2.35. The first-order chi connectivity index (χ1) is 9.40. The Kier molecular flexibility index (Phi) is 4.22. The maximum Gasteiger partial charge on any atom is 0.433 e. The SMILES string of the molecule is CC[C@]1(CO)CCCN(c2cccc(C(F)(F)F)n2)C1. The average molecular weight is 288 g/mol. The van der Waals surface area contributed by atoms with E-state index in [0.29, 0.717) is 18.9 Å². The van der Waals surface area contributed by atoms with Crippen LogP contribution >= 0.6 is 0 Å². The van der Waals surface area contributed by atoms with E-state index in [1.807, 2.05) is 11.8 Å². The van der Waals surface area contributed by atoms with Crippen molar-refractivity contribution in [2.45, 2.75) is 32.4 Å². The van der Waals surface area contributed by atoms with Crippen molar-refractivity contribution in [1.29, 1.82) is 0 Å². The van der Waals surface area contributed by atoms with E-state index >= 15 is 0 Å². The summed E-state index contributed by atoms with van der Waals surface area (Å²) in [7, 11) is 0. The lowest BCUT2D eigenvalue weighted by molar-refractivity contribution is -0.141. The second kappa shape index (κ2) is 5.60. The Bertz CT molecular complexity index is 458. The van der Waals surface area contributed by atoms with Gasteiger partial charge in [-0.2, -0.15) is 13.2 Å². The number of aliphatic hydroxyl groups excluding tert-OH is 1. The number of hydrogen-bond acceptors (Lipinski definition) is 3. The average Bonchev–Trinajstić information content (AvgIpc) is 2.46. The zero-order chi connectivity index (χ0) is 14.8. The van der Waals surface area contributed by atoms with Gasteiger partial charge in [-0.25, -0.2) is 4.98 Å². The summed E-state index contributed by atoms with van der Waals surface area (Å²) >= 11 is 0. The molecule has 0 bridgehead atoms. The smallest absolute Gasteiger partial charge is 0.396 e. The zero-order valence-corrected chi connectivity index (χ0v) is 11.5. The van der Waals surface area contributed by atoms with Gasteiger partial charge in [0.05, 0.1) is 6.61 Å². The quantitative estimate of drug-likeness (QED) is 0.928. The van der Waals surface area contributed by atoms with Crippen LogP contribution in [0.15, 0.2) is 18.2 Å². The number of piperidine rings is 1. The van der Waals surface area contributed by atoms with E-state index in [1.165, 1.54) is 6.07 Å². The van der Waals surface area contributed by atoms with Gasteiger partial charge < -0.3 is 10.0 Å². The minimum atomic E-state index is -4.43. The Hall–Kier alpha value is -1.30. The Labute approximate surface area is 116 Å². The van der Waals surface area contributed by atoms with Gasteiger partial charge in [-0.15, -0.1) is 0 Å². The molecule has 1 saturated heterocycles. The first-order valence-electron chi connectivity index (χ1n) is 6.80. The number of alkyl halides is 3. The van der Waals surface area contributed by atoms with E-state index in [2.05, 4.69) is 4.98 Å². The molecule has 112 valence electrons. The third-order valence-corrected chi connectivity index (χ3v) is 4.10. The van der Waals surface area contributed by atoms with Crippen LogP contribution in [0.3, 0.4) is 0 Å². The Morgan fingerprint density at radius 1 is 1.40 bits per heavy atom. The van der Waals surface area contributed by atoms with Crippen molar-refractivity contribution in [3.05, 3.63) is 23.9 Å². The molecule has 3 nitrogen and oxygen atoms in total. The molecule has 1 aromatic rings. The second-order valence-electron chi connectivity index (χ2n) is 5.42. The summed E-state index contributed by atoms with van der Waals surface area (Å²) in [6, 6.07) is 3.96. The molecule has 0 aliphatic carbocycles. The number of anilines is 1. The highest BCUT2D eigenvalue weighted by Gasteiger charge is 2.36. The van der Waals surface area contributed by atoms with Gasteiger partial charge in [-0.05, 0) is 31.4 Å². The summed E-state index contributed by atoms with van der Waals surface area (Å²) in [5.74, 6) is 0.339. The fraction of sp³-hybridized carbons (Fsp3) is 0.643. The van der Waals surface area contributed by atoms with Gasteiger partial charge in [-0.3, -0.25) is 0 Å². The number of pyridine rings is 1. The van der Waals surface area contributed by atoms with Crippen molar-refractivity contribution in [2.75, 3.05) is 24.6 Å². The van der Waals surface area contributed by atoms with Crippen molar-refractivity contribution in [2.24, 2.45) is 5.41 Å². The van der Waals surface area contributed by atoms with Crippen LogP contribution in [0.4, 0.5) is 19.0 Å². The molecule has 0 aromatic carbocycles. The molecule has 1 atom stereocenters. The van der Waals surface area contributed by atoms with E-state index in [1.54, 1.807) is 6.07 Å². The van der Waals surface area contributed by atoms with Gasteiger partial charge in [-0.1, -0.05) is 13.0 Å². The molecule has 0 radical (unpaired) electrons. The summed E-state index contributed by atoms with van der Waals surface area (Å²) < 4.78 is 38.1. The molecular formula is C14H19F3N2O. The van der Waals surface area contributed by atoms with Crippen LogP contribution in [-0.4, -0.2) is 29.8 Å². The van der Waals surface area contributed by atoms with Gasteiger partial charge in [0.15, 0.2) is 0 Å². The molecule has 1 aliphatic heterocycles. The fourth-order valence-corrected chi connectivity index (χ4v) is 2.69. The van der Waals surface area contributed by atoms with Crippen LogP contribution < -0.4 is 4.90 Å². The van der Waals surface area contributed by atoms with E-state index in [0.717, 1.165) is 25.3 Å². The third kappa shape index (κ3) is 3.06. The molecule has 0 saturated carbocycles. The van der Waals surface area contributed by atoms with Crippen LogP contribution in [0.25, 0.3) is 0 Å². The van der Waals surface area contributed by atoms with Gasteiger partial charge in [0.25, 0.3) is 0 Å². The molecule has 0 spiro atoms. The molecule has 1 N–H and O–H groups in total. The van der Waals surface area contributed by atoms with Gasteiger partial charge in [0.1, 0.15) is 11.5 Å². The monoisotopic (exact) mass is 288 g/mol. The third-order valence-electron chi connectivity index (χ3n) is 4.10. The first kappa shape index (κ1) is 15.1. The van der Waals surface area contributed by atoms with Crippen molar-refractivity contribution in [3.8, 4) is 0 Å². The number of rotatable bonds is 3. The molecule has 2 rings (SSSR count). The number of halogens is 3. The molecular weight excluding hydrogens is 269 g/mol. The largest absolute Gasteiger partial charge is 0.433 e. The molecule has 6 heteroatoms. The molecule has 1 aliphatic rings. The minimum absolute atomic E-state index is 0.0545. The number of nitrogens with zero attached hydrogens (tertiary/aromatic N) is 2. The normalized spacial score (nSPS) is 23.9. The second-order valence-corrected chi connectivity index (χ2v) is 5.42. The fourth-order valence-electron chi connectivity index (χ4n) is 2.69. The molecule has 1 aromatic heterocycles. The molecule has 20 heavy (non-hydrogen) atoms. The van der Waals surface area contributed by atoms with Gasteiger partial charge in [0, 0.05) is 18.5 Å². The first-order valence-corrected chi connectivity index (χ1v) is 6.80. The van der Waals surface area contributed by atoms with Crippen LogP contribution in [0.2, 0.25) is 0 Å². The highest BCUT2D eigenvalue weighted by atomic mass is 19.4. The summed E-state index contributed by atoms with van der Waals surface area (Å²) in [5.41, 5.74) is -1.10. The number of aliphatic hydroxyl groups is 1. The standard InChI is InChI=1S/C14H19F3N2O/c1-2-13(10-20)7-4-8-19(9-13)12-6-3-5-11(18-12)14(15,16)17/h3,5-6,20H,2,4,7-10H2,1H3/t13-/m0/s1. The van der Waals surface area contributed by atoms with Crippen molar-refractivity contribution < 1.29 is 18.3 Å². The van der Waals surface area contributed by atoms with Crippen LogP contribution in [0.5, 0.6) is 0 Å².